The molecule has 172 valence electrons. The van der Waals surface area contributed by atoms with Gasteiger partial charge < -0.3 is 15.0 Å². The fraction of sp³-hybridized carbons (Fsp3) is 0.435. The lowest BCUT2D eigenvalue weighted by Gasteiger charge is -2.40. The number of carbonyl (C=O) groups is 3. The van der Waals surface area contributed by atoms with E-state index >= 15 is 0 Å². The van der Waals surface area contributed by atoms with E-state index in [2.05, 4.69) is 16.8 Å². The summed E-state index contributed by atoms with van der Waals surface area (Å²) in [6.45, 7) is 10.4. The van der Waals surface area contributed by atoms with E-state index in [0.29, 0.717) is 54.6 Å². The molecular weight excluding hydrogens is 432 g/mol. The predicted molar refractivity (Wildman–Crippen MR) is 122 cm³/mol. The summed E-state index contributed by atoms with van der Waals surface area (Å²) in [6, 6.07) is 6.07. The maximum atomic E-state index is 13.1. The highest BCUT2D eigenvalue weighted by Gasteiger charge is 2.38. The van der Waals surface area contributed by atoms with Gasteiger partial charge in [-0.15, -0.1) is 6.58 Å². The van der Waals surface area contributed by atoms with E-state index in [-0.39, 0.29) is 25.1 Å². The Morgan fingerprint density at radius 2 is 2.00 bits per heavy atom. The lowest BCUT2D eigenvalue weighted by atomic mass is 9.94. The van der Waals surface area contributed by atoms with Gasteiger partial charge in [-0.1, -0.05) is 29.8 Å². The Morgan fingerprint density at radius 1 is 1.28 bits per heavy atom. The van der Waals surface area contributed by atoms with Crippen LogP contribution in [-0.4, -0.2) is 78.5 Å². The SMILES string of the molecule is C=CCN1C(=O)NC(c2cccc(Cl)c2)C(C(=O)OCC)=C1CN1CCN(C(C)=O)CC1. The first-order chi connectivity index (χ1) is 15.3. The number of hydrogen-bond acceptors (Lipinski definition) is 5. The number of rotatable bonds is 7. The summed E-state index contributed by atoms with van der Waals surface area (Å²) in [6.07, 6.45) is 1.62. The Balaban J connectivity index is 2.03. The zero-order chi connectivity index (χ0) is 23.3. The summed E-state index contributed by atoms with van der Waals surface area (Å²) in [5.74, 6) is -0.439. The van der Waals surface area contributed by atoms with Crippen LogP contribution in [0.25, 0.3) is 0 Å². The van der Waals surface area contributed by atoms with Crippen molar-refractivity contribution in [2.45, 2.75) is 19.9 Å². The van der Waals surface area contributed by atoms with Crippen LogP contribution in [0.15, 0.2) is 48.2 Å². The molecule has 8 nitrogen and oxygen atoms in total. The third kappa shape index (κ3) is 5.31. The van der Waals surface area contributed by atoms with E-state index in [0.717, 1.165) is 0 Å². The van der Waals surface area contributed by atoms with Crippen molar-refractivity contribution in [1.29, 1.82) is 0 Å². The van der Waals surface area contributed by atoms with E-state index in [1.165, 1.54) is 4.90 Å². The number of esters is 1. The van der Waals surface area contributed by atoms with Crippen molar-refractivity contribution >= 4 is 29.5 Å². The summed E-state index contributed by atoms with van der Waals surface area (Å²) in [5.41, 5.74) is 1.66. The molecule has 0 bridgehead atoms. The second-order valence-corrected chi connectivity index (χ2v) is 8.14. The molecule has 9 heteroatoms. The fourth-order valence-corrected chi connectivity index (χ4v) is 4.21. The van der Waals surface area contributed by atoms with E-state index < -0.39 is 12.0 Å². The Hall–Kier alpha value is -2.84. The molecule has 0 spiro atoms. The van der Waals surface area contributed by atoms with Crippen LogP contribution in [0.3, 0.4) is 0 Å². The van der Waals surface area contributed by atoms with Gasteiger partial charge in [0.25, 0.3) is 0 Å². The molecule has 2 aliphatic rings. The highest BCUT2D eigenvalue weighted by Crippen LogP contribution is 2.33. The Morgan fingerprint density at radius 3 is 2.59 bits per heavy atom. The minimum atomic E-state index is -0.685. The van der Waals surface area contributed by atoms with Crippen LogP contribution in [0, 0.1) is 0 Å². The molecular formula is C23H29ClN4O4. The maximum Gasteiger partial charge on any atom is 0.338 e. The second-order valence-electron chi connectivity index (χ2n) is 7.70. The third-order valence-electron chi connectivity index (χ3n) is 5.62. The molecule has 1 saturated heterocycles. The van der Waals surface area contributed by atoms with Gasteiger partial charge in [-0.3, -0.25) is 14.6 Å². The third-order valence-corrected chi connectivity index (χ3v) is 5.85. The summed E-state index contributed by atoms with van der Waals surface area (Å²) in [5, 5.41) is 3.43. The van der Waals surface area contributed by atoms with Crippen LogP contribution in [-0.2, 0) is 14.3 Å². The molecule has 1 N–H and O–H groups in total. The number of hydrogen-bond donors (Lipinski definition) is 1. The van der Waals surface area contributed by atoms with Crippen LogP contribution < -0.4 is 5.32 Å². The summed E-state index contributed by atoms with van der Waals surface area (Å²) in [7, 11) is 0. The average molecular weight is 461 g/mol. The van der Waals surface area contributed by atoms with Crippen molar-refractivity contribution in [3.05, 3.63) is 58.8 Å². The summed E-state index contributed by atoms with van der Waals surface area (Å²) >= 11 is 6.19. The first-order valence-corrected chi connectivity index (χ1v) is 11.1. The van der Waals surface area contributed by atoms with Crippen molar-refractivity contribution in [3.63, 3.8) is 0 Å². The largest absolute Gasteiger partial charge is 0.463 e. The number of nitrogens with one attached hydrogen (secondary N) is 1. The number of halogens is 1. The van der Waals surface area contributed by atoms with Crippen molar-refractivity contribution < 1.29 is 19.1 Å². The molecule has 1 unspecified atom stereocenters. The average Bonchev–Trinajstić information content (AvgIpc) is 2.76. The first kappa shape index (κ1) is 23.8. The standard InChI is InChI=1S/C23H29ClN4O4/c1-4-9-28-19(15-26-10-12-27(13-11-26)16(3)29)20(22(30)32-5-2)21(25-23(28)31)17-7-6-8-18(24)14-17/h4,6-8,14,21H,1,5,9-13,15H2,2-3H3,(H,25,31). The van der Waals surface area contributed by atoms with Gasteiger partial charge in [0, 0.05) is 56.9 Å². The van der Waals surface area contributed by atoms with Gasteiger partial charge >= 0.3 is 12.0 Å². The number of piperazine rings is 1. The summed E-state index contributed by atoms with van der Waals surface area (Å²) in [4.78, 5) is 43.3. The quantitative estimate of drug-likeness (QED) is 0.499. The maximum absolute atomic E-state index is 13.1. The molecule has 3 rings (SSSR count). The topological polar surface area (TPSA) is 82.2 Å². The van der Waals surface area contributed by atoms with E-state index in [9.17, 15) is 14.4 Å². The van der Waals surface area contributed by atoms with Crippen LogP contribution in [0.4, 0.5) is 4.79 Å². The highest BCUT2D eigenvalue weighted by atomic mass is 35.5. The normalized spacial score (nSPS) is 19.6. The second kappa shape index (κ2) is 10.7. The molecule has 1 fully saturated rings. The lowest BCUT2D eigenvalue weighted by Crippen LogP contribution is -2.53. The minimum Gasteiger partial charge on any atom is -0.463 e. The predicted octanol–water partition coefficient (Wildman–Crippen LogP) is 2.57. The Bertz CT molecular complexity index is 924. The number of amides is 3. The number of carbonyl (C=O) groups excluding carboxylic acids is 3. The molecule has 0 saturated carbocycles. The van der Waals surface area contributed by atoms with Gasteiger partial charge in [-0.2, -0.15) is 0 Å². The Kier molecular flexibility index (Phi) is 7.93. The molecule has 0 aromatic heterocycles. The molecule has 2 aliphatic heterocycles. The van der Waals surface area contributed by atoms with Gasteiger partial charge in [0.1, 0.15) is 0 Å². The smallest absolute Gasteiger partial charge is 0.338 e. The van der Waals surface area contributed by atoms with Gasteiger partial charge in [-0.05, 0) is 24.6 Å². The highest BCUT2D eigenvalue weighted by molar-refractivity contribution is 6.30. The molecule has 1 atom stereocenters. The Labute approximate surface area is 193 Å². The molecule has 1 aromatic carbocycles. The van der Waals surface area contributed by atoms with Gasteiger partial charge in [0.15, 0.2) is 0 Å². The number of nitrogens with zero attached hydrogens (tertiary/aromatic N) is 3. The zero-order valence-electron chi connectivity index (χ0n) is 18.5. The minimum absolute atomic E-state index is 0.0439. The van der Waals surface area contributed by atoms with Crippen LogP contribution in [0.2, 0.25) is 5.02 Å². The zero-order valence-corrected chi connectivity index (χ0v) is 19.2. The molecule has 0 aliphatic carbocycles. The van der Waals surface area contributed by atoms with Gasteiger partial charge in [0.05, 0.1) is 18.2 Å². The molecule has 0 radical (unpaired) electrons. The van der Waals surface area contributed by atoms with Gasteiger partial charge in [0.2, 0.25) is 5.91 Å². The van der Waals surface area contributed by atoms with Gasteiger partial charge in [-0.25, -0.2) is 9.59 Å². The molecule has 1 aromatic rings. The number of benzene rings is 1. The van der Waals surface area contributed by atoms with E-state index in [1.807, 2.05) is 6.07 Å². The first-order valence-electron chi connectivity index (χ1n) is 10.7. The van der Waals surface area contributed by atoms with Crippen molar-refractivity contribution in [2.24, 2.45) is 0 Å². The number of urea groups is 1. The fourth-order valence-electron chi connectivity index (χ4n) is 4.01. The van der Waals surface area contributed by atoms with Crippen LogP contribution >= 0.6 is 11.6 Å². The number of ether oxygens (including phenoxy) is 1. The monoisotopic (exact) mass is 460 g/mol. The molecule has 32 heavy (non-hydrogen) atoms. The molecule has 3 amide bonds. The van der Waals surface area contributed by atoms with Crippen molar-refractivity contribution in [1.82, 2.24) is 20.0 Å². The van der Waals surface area contributed by atoms with E-state index in [4.69, 9.17) is 16.3 Å². The lowest BCUT2D eigenvalue weighted by molar-refractivity contribution is -0.139. The van der Waals surface area contributed by atoms with Crippen molar-refractivity contribution in [2.75, 3.05) is 45.9 Å². The van der Waals surface area contributed by atoms with Crippen LogP contribution in [0.5, 0.6) is 0 Å². The molecule has 2 heterocycles. The van der Waals surface area contributed by atoms with Crippen molar-refractivity contribution in [3.8, 4) is 0 Å². The van der Waals surface area contributed by atoms with E-state index in [1.54, 1.807) is 43.0 Å². The summed E-state index contributed by atoms with van der Waals surface area (Å²) < 4.78 is 5.39. The van der Waals surface area contributed by atoms with Crippen LogP contribution in [0.1, 0.15) is 25.5 Å².